The first-order valence-corrected chi connectivity index (χ1v) is 15.0. The van der Waals surface area contributed by atoms with Crippen LogP contribution in [0.3, 0.4) is 0 Å². The molecule has 1 atom stereocenters. The molecule has 32 heavy (non-hydrogen) atoms. The van der Waals surface area contributed by atoms with Crippen LogP contribution < -0.4 is 0 Å². The molecule has 192 valence electrons. The largest absolute Gasteiger partial charge is 0.326 e. The molecule has 1 N–H and O–H groups in total. The van der Waals surface area contributed by atoms with Crippen molar-refractivity contribution in [1.82, 2.24) is 0 Å². The number of allylic oxidation sites excluding steroid dienone is 2. The second-order valence-electron chi connectivity index (χ2n) is 9.77. The minimum atomic E-state index is -3.77. The molecule has 0 aromatic carbocycles. The third kappa shape index (κ3) is 20.2. The van der Waals surface area contributed by atoms with Gasteiger partial charge in [0.1, 0.15) is 0 Å². The number of nitrogens with zero attached hydrogens (tertiary/aromatic N) is 1. The Bertz CT molecular complexity index is 536. The summed E-state index contributed by atoms with van der Waals surface area (Å²) >= 11 is 0. The van der Waals surface area contributed by atoms with E-state index in [0.29, 0.717) is 6.42 Å². The molecule has 1 unspecified atom stereocenters. The average Bonchev–Trinajstić information content (AvgIpc) is 2.76. The molecule has 0 fully saturated rings. The van der Waals surface area contributed by atoms with Gasteiger partial charge in [0.15, 0.2) is 0 Å². The van der Waals surface area contributed by atoms with Crippen LogP contribution in [0.15, 0.2) is 12.2 Å². The fraction of sp³-hybridized carbons (Fsp3) is 0.923. The molecule has 5 nitrogen and oxygen atoms in total. The summed E-state index contributed by atoms with van der Waals surface area (Å²) in [6.45, 7) is 7.41. The Labute approximate surface area is 200 Å². The van der Waals surface area contributed by atoms with E-state index in [9.17, 15) is 8.42 Å². The van der Waals surface area contributed by atoms with Crippen molar-refractivity contribution in [3.8, 4) is 0 Å². The molecule has 0 aliphatic heterocycles. The zero-order valence-electron chi connectivity index (χ0n) is 21.5. The second kappa shape index (κ2) is 21.1. The Balaban J connectivity index is 3.64. The summed E-state index contributed by atoms with van der Waals surface area (Å²) in [5.74, 6) is -0.116. The molecule has 0 saturated heterocycles. The van der Waals surface area contributed by atoms with Crippen LogP contribution in [0, 0.1) is 0 Å². The maximum atomic E-state index is 11.3. The Morgan fingerprint density at radius 1 is 0.656 bits per heavy atom. The Hall–Kier alpha value is -0.430. The lowest BCUT2D eigenvalue weighted by Crippen LogP contribution is -2.46. The lowest BCUT2D eigenvalue weighted by molar-refractivity contribution is -0.909. The van der Waals surface area contributed by atoms with Gasteiger partial charge in [-0.25, -0.2) is 5.26 Å². The molecule has 0 aliphatic rings. The van der Waals surface area contributed by atoms with Gasteiger partial charge in [-0.2, -0.15) is 8.42 Å². The topological polar surface area (TPSA) is 63.6 Å². The highest BCUT2D eigenvalue weighted by Crippen LogP contribution is 2.14. The quantitative estimate of drug-likeness (QED) is 0.0515. The van der Waals surface area contributed by atoms with Crippen molar-refractivity contribution in [3.63, 3.8) is 0 Å². The van der Waals surface area contributed by atoms with Crippen LogP contribution in [0.25, 0.3) is 0 Å². The maximum absolute atomic E-state index is 11.3. The van der Waals surface area contributed by atoms with E-state index in [0.717, 1.165) is 30.5 Å². The van der Waals surface area contributed by atoms with Gasteiger partial charge in [0, 0.05) is 6.42 Å². The highest BCUT2D eigenvalue weighted by molar-refractivity contribution is 7.86. The van der Waals surface area contributed by atoms with Crippen molar-refractivity contribution in [1.29, 1.82) is 0 Å². The normalized spacial score (nSPS) is 14.2. The lowest BCUT2D eigenvalue weighted by Gasteiger charge is -2.34. The Morgan fingerprint density at radius 2 is 1.12 bits per heavy atom. The van der Waals surface area contributed by atoms with Gasteiger partial charge in [0.25, 0.3) is 10.1 Å². The molecule has 0 aromatic rings. The van der Waals surface area contributed by atoms with Crippen LogP contribution in [0.4, 0.5) is 0 Å². The number of quaternary nitrogens is 1. The van der Waals surface area contributed by atoms with Crippen LogP contribution in [0.5, 0.6) is 0 Å². The van der Waals surface area contributed by atoms with Gasteiger partial charge in [-0.1, -0.05) is 83.8 Å². The smallest absolute Gasteiger partial charge is 0.293 e. The molecule has 0 aliphatic carbocycles. The van der Waals surface area contributed by atoms with Crippen molar-refractivity contribution in [2.75, 3.05) is 32.4 Å². The summed E-state index contributed by atoms with van der Waals surface area (Å²) in [5.41, 5.74) is 0. The average molecular weight is 477 g/mol. The SMILES string of the molecule is CCCCCCCC/C=C\CCCCCCCCC[N+](C)(CCC)CCCS(=O)(=O)OO. The highest BCUT2D eigenvalue weighted by atomic mass is 32.2. The summed E-state index contributed by atoms with van der Waals surface area (Å²) in [4.78, 5) is 0. The van der Waals surface area contributed by atoms with Gasteiger partial charge in [-0.3, -0.25) is 0 Å². The van der Waals surface area contributed by atoms with Gasteiger partial charge >= 0.3 is 0 Å². The van der Waals surface area contributed by atoms with Crippen LogP contribution in [-0.4, -0.2) is 50.6 Å². The van der Waals surface area contributed by atoms with Crippen LogP contribution in [0.2, 0.25) is 0 Å². The fourth-order valence-electron chi connectivity index (χ4n) is 4.45. The van der Waals surface area contributed by atoms with Gasteiger partial charge in [-0.15, -0.1) is 4.33 Å². The lowest BCUT2D eigenvalue weighted by atomic mass is 10.1. The standard InChI is InChI=1S/C26H53NO4S/c1-4-6-7-8-9-10-11-12-13-14-15-16-17-18-19-20-21-24-27(3,23-5-2)25-22-26-32(29,30)31-28/h12-13H,4-11,14-26H2,1-3H3/p+1/b13-12-. The molecule has 0 amide bonds. The third-order valence-electron chi connectivity index (χ3n) is 6.43. The number of unbranched alkanes of at least 4 members (excludes halogenated alkanes) is 13. The van der Waals surface area contributed by atoms with Crippen molar-refractivity contribution >= 4 is 10.1 Å². The monoisotopic (exact) mass is 476 g/mol. The first kappa shape index (κ1) is 31.6. The first-order valence-electron chi connectivity index (χ1n) is 13.4. The maximum Gasteiger partial charge on any atom is 0.293 e. The fourth-order valence-corrected chi connectivity index (χ4v) is 5.01. The molecule has 0 heterocycles. The summed E-state index contributed by atoms with van der Waals surface area (Å²) in [5, 5.41) is 8.40. The van der Waals surface area contributed by atoms with Gasteiger partial charge in [-0.05, 0) is 44.9 Å². The summed E-state index contributed by atoms with van der Waals surface area (Å²) < 4.78 is 27.0. The van der Waals surface area contributed by atoms with E-state index in [4.69, 9.17) is 5.26 Å². The molecule has 0 saturated carbocycles. The minimum absolute atomic E-state index is 0.116. The van der Waals surface area contributed by atoms with Gasteiger partial charge < -0.3 is 4.48 Å². The molecular weight excluding hydrogens is 422 g/mol. The number of hydrogen-bond acceptors (Lipinski definition) is 4. The Kier molecular flexibility index (Phi) is 20.8. The van der Waals surface area contributed by atoms with E-state index < -0.39 is 10.1 Å². The van der Waals surface area contributed by atoms with E-state index in [1.54, 1.807) is 0 Å². The molecule has 0 rings (SSSR count). The molecule has 6 heteroatoms. The molecule has 0 bridgehead atoms. The summed E-state index contributed by atoms with van der Waals surface area (Å²) in [6.07, 6.45) is 26.2. The predicted octanol–water partition coefficient (Wildman–Crippen LogP) is 7.48. The van der Waals surface area contributed by atoms with Crippen molar-refractivity contribution in [2.24, 2.45) is 0 Å². The van der Waals surface area contributed by atoms with Gasteiger partial charge in [0.05, 0.1) is 32.4 Å². The Morgan fingerprint density at radius 3 is 1.62 bits per heavy atom. The number of hydrogen-bond donors (Lipinski definition) is 1. The van der Waals surface area contributed by atoms with E-state index in [1.165, 1.54) is 96.3 Å². The highest BCUT2D eigenvalue weighted by Gasteiger charge is 2.21. The molecule has 0 aromatic heterocycles. The van der Waals surface area contributed by atoms with E-state index in [1.807, 2.05) is 0 Å². The van der Waals surface area contributed by atoms with Crippen LogP contribution in [0.1, 0.15) is 123 Å². The van der Waals surface area contributed by atoms with Crippen LogP contribution in [-0.2, 0) is 14.5 Å². The summed E-state index contributed by atoms with van der Waals surface area (Å²) in [6, 6.07) is 0. The molecule has 0 spiro atoms. The second-order valence-corrected chi connectivity index (χ2v) is 11.4. The van der Waals surface area contributed by atoms with E-state index in [-0.39, 0.29) is 5.75 Å². The van der Waals surface area contributed by atoms with E-state index >= 15 is 0 Å². The molecular formula is C26H54NO4S+. The van der Waals surface area contributed by atoms with Crippen molar-refractivity contribution in [3.05, 3.63) is 12.2 Å². The zero-order chi connectivity index (χ0) is 24.0. The third-order valence-corrected chi connectivity index (χ3v) is 7.44. The first-order chi connectivity index (χ1) is 15.4. The predicted molar refractivity (Wildman–Crippen MR) is 137 cm³/mol. The van der Waals surface area contributed by atoms with Crippen molar-refractivity contribution < 1.29 is 22.5 Å². The van der Waals surface area contributed by atoms with E-state index in [2.05, 4.69) is 37.4 Å². The zero-order valence-corrected chi connectivity index (χ0v) is 22.3. The summed E-state index contributed by atoms with van der Waals surface area (Å²) in [7, 11) is -1.55. The van der Waals surface area contributed by atoms with Crippen molar-refractivity contribution in [2.45, 2.75) is 123 Å². The number of rotatable bonds is 24. The van der Waals surface area contributed by atoms with Crippen LogP contribution >= 0.6 is 0 Å². The van der Waals surface area contributed by atoms with Gasteiger partial charge in [0.2, 0.25) is 0 Å². The minimum Gasteiger partial charge on any atom is -0.326 e. The molecule has 0 radical (unpaired) electrons.